The summed E-state index contributed by atoms with van der Waals surface area (Å²) in [6.45, 7) is 3.05. The predicted octanol–water partition coefficient (Wildman–Crippen LogP) is 1.68. The van der Waals surface area contributed by atoms with E-state index in [9.17, 15) is 14.7 Å². The molecule has 1 rings (SSSR count). The number of aliphatic carboxylic acids is 1. The van der Waals surface area contributed by atoms with E-state index in [0.29, 0.717) is 38.3 Å². The van der Waals surface area contributed by atoms with Gasteiger partial charge in [0.25, 0.3) is 0 Å². The van der Waals surface area contributed by atoms with E-state index < -0.39 is 12.0 Å². The van der Waals surface area contributed by atoms with Gasteiger partial charge in [0.1, 0.15) is 6.04 Å². The van der Waals surface area contributed by atoms with Gasteiger partial charge in [0.15, 0.2) is 0 Å². The minimum Gasteiger partial charge on any atom is -0.480 e. The minimum atomic E-state index is -0.920. The molecule has 2 N–H and O–H groups in total. The summed E-state index contributed by atoms with van der Waals surface area (Å²) < 4.78 is 0. The Kier molecular flexibility index (Phi) is 6.20. The molecule has 1 fully saturated rings. The molecule has 0 saturated carbocycles. The summed E-state index contributed by atoms with van der Waals surface area (Å²) in [4.78, 5) is 24.7. The number of hydrogen-bond acceptors (Lipinski definition) is 2. The summed E-state index contributed by atoms with van der Waals surface area (Å²) in [5.74, 6) is 1.98. The molecule has 0 spiro atoms. The fourth-order valence-corrected chi connectivity index (χ4v) is 2.37. The standard InChI is InChI=1S/C14H22N2O3/c1-3-5-6-8-15-14(19)16-9-7-11(4-2)10-12(16)13(17)18/h1,11-12H,4-10H2,2H3,(H,15,19)(H,17,18). The second kappa shape index (κ2) is 7.67. The van der Waals surface area contributed by atoms with E-state index in [1.165, 1.54) is 4.90 Å². The van der Waals surface area contributed by atoms with Gasteiger partial charge in [0.2, 0.25) is 0 Å². The average Bonchev–Trinajstić information content (AvgIpc) is 2.42. The van der Waals surface area contributed by atoms with Crippen molar-refractivity contribution in [3.63, 3.8) is 0 Å². The molecule has 0 aromatic heterocycles. The van der Waals surface area contributed by atoms with Gasteiger partial charge in [-0.2, -0.15) is 0 Å². The third-order valence-corrected chi connectivity index (χ3v) is 3.61. The van der Waals surface area contributed by atoms with Crippen LogP contribution in [0.1, 0.15) is 39.0 Å². The molecule has 1 saturated heterocycles. The van der Waals surface area contributed by atoms with Gasteiger partial charge in [-0.1, -0.05) is 13.3 Å². The van der Waals surface area contributed by atoms with E-state index in [1.807, 2.05) is 0 Å². The molecular weight excluding hydrogens is 244 g/mol. The lowest BCUT2D eigenvalue weighted by Crippen LogP contribution is -2.53. The van der Waals surface area contributed by atoms with Crippen LogP contribution in [0.3, 0.4) is 0 Å². The van der Waals surface area contributed by atoms with Crippen molar-refractivity contribution in [3.8, 4) is 12.3 Å². The van der Waals surface area contributed by atoms with Crippen LogP contribution in [-0.2, 0) is 4.79 Å². The molecule has 19 heavy (non-hydrogen) atoms. The Morgan fingerprint density at radius 1 is 1.53 bits per heavy atom. The highest BCUT2D eigenvalue weighted by atomic mass is 16.4. The van der Waals surface area contributed by atoms with Crippen molar-refractivity contribution >= 4 is 12.0 Å². The number of likely N-dealkylation sites (tertiary alicyclic amines) is 1. The summed E-state index contributed by atoms with van der Waals surface area (Å²) in [6.07, 6.45) is 8.83. The second-order valence-corrected chi connectivity index (χ2v) is 4.89. The molecule has 2 amide bonds. The number of unbranched alkanes of at least 4 members (excludes halogenated alkanes) is 1. The number of piperidine rings is 1. The van der Waals surface area contributed by atoms with Crippen molar-refractivity contribution in [3.05, 3.63) is 0 Å². The number of carboxylic acids is 1. The van der Waals surface area contributed by atoms with Gasteiger partial charge in [0, 0.05) is 19.5 Å². The molecule has 1 heterocycles. The van der Waals surface area contributed by atoms with Gasteiger partial charge in [-0.15, -0.1) is 12.3 Å². The second-order valence-electron chi connectivity index (χ2n) is 4.89. The van der Waals surface area contributed by atoms with Crippen molar-refractivity contribution in [2.75, 3.05) is 13.1 Å². The summed E-state index contributed by atoms with van der Waals surface area (Å²) in [5, 5.41) is 12.0. The Labute approximate surface area is 114 Å². The monoisotopic (exact) mass is 266 g/mol. The van der Waals surface area contributed by atoms with Crippen LogP contribution in [0.2, 0.25) is 0 Å². The van der Waals surface area contributed by atoms with Crippen molar-refractivity contribution in [2.45, 2.75) is 45.1 Å². The highest BCUT2D eigenvalue weighted by molar-refractivity contribution is 5.82. The zero-order valence-electron chi connectivity index (χ0n) is 11.4. The summed E-state index contributed by atoms with van der Waals surface area (Å²) in [7, 11) is 0. The van der Waals surface area contributed by atoms with E-state index >= 15 is 0 Å². The molecular formula is C14H22N2O3. The molecule has 5 nitrogen and oxygen atoms in total. The van der Waals surface area contributed by atoms with Crippen molar-refractivity contribution in [1.29, 1.82) is 0 Å². The maximum Gasteiger partial charge on any atom is 0.326 e. The van der Waals surface area contributed by atoms with Crippen molar-refractivity contribution in [1.82, 2.24) is 10.2 Å². The SMILES string of the molecule is C#CCCCNC(=O)N1CCC(CC)CC1C(=O)O. The summed E-state index contributed by atoms with van der Waals surface area (Å²) >= 11 is 0. The zero-order chi connectivity index (χ0) is 14.3. The fraction of sp³-hybridized carbons (Fsp3) is 0.714. The lowest BCUT2D eigenvalue weighted by Gasteiger charge is -2.36. The first-order chi connectivity index (χ1) is 9.10. The van der Waals surface area contributed by atoms with Gasteiger partial charge in [-0.05, 0) is 25.2 Å². The van der Waals surface area contributed by atoms with E-state index in [4.69, 9.17) is 6.42 Å². The topological polar surface area (TPSA) is 69.6 Å². The fourth-order valence-electron chi connectivity index (χ4n) is 2.37. The Morgan fingerprint density at radius 3 is 2.84 bits per heavy atom. The van der Waals surface area contributed by atoms with Crippen LogP contribution >= 0.6 is 0 Å². The van der Waals surface area contributed by atoms with Crippen LogP contribution in [0.4, 0.5) is 4.79 Å². The molecule has 5 heteroatoms. The van der Waals surface area contributed by atoms with Crippen molar-refractivity contribution < 1.29 is 14.7 Å². The van der Waals surface area contributed by atoms with Gasteiger partial charge in [0.05, 0.1) is 0 Å². The van der Waals surface area contributed by atoms with Crippen LogP contribution in [-0.4, -0.2) is 41.1 Å². The third-order valence-electron chi connectivity index (χ3n) is 3.61. The maximum absolute atomic E-state index is 12.0. The first-order valence-corrected chi connectivity index (χ1v) is 6.80. The Balaban J connectivity index is 2.52. The smallest absolute Gasteiger partial charge is 0.326 e. The largest absolute Gasteiger partial charge is 0.480 e. The van der Waals surface area contributed by atoms with Crippen LogP contribution in [0.5, 0.6) is 0 Å². The molecule has 1 aliphatic rings. The first kappa shape index (κ1) is 15.4. The molecule has 2 atom stereocenters. The lowest BCUT2D eigenvalue weighted by molar-refractivity contribution is -0.144. The zero-order valence-corrected chi connectivity index (χ0v) is 11.4. The van der Waals surface area contributed by atoms with E-state index in [2.05, 4.69) is 18.2 Å². The molecule has 0 aliphatic carbocycles. The maximum atomic E-state index is 12.0. The highest BCUT2D eigenvalue weighted by Gasteiger charge is 2.35. The molecule has 2 unspecified atom stereocenters. The Bertz CT molecular complexity index is 362. The van der Waals surface area contributed by atoms with Gasteiger partial charge in [-0.25, -0.2) is 9.59 Å². The first-order valence-electron chi connectivity index (χ1n) is 6.80. The molecule has 0 aromatic carbocycles. The predicted molar refractivity (Wildman–Crippen MR) is 72.6 cm³/mol. The summed E-state index contributed by atoms with van der Waals surface area (Å²) in [6, 6.07) is -0.995. The summed E-state index contributed by atoms with van der Waals surface area (Å²) in [5.41, 5.74) is 0. The van der Waals surface area contributed by atoms with Crippen LogP contribution in [0.25, 0.3) is 0 Å². The number of carbonyl (C=O) groups is 2. The lowest BCUT2D eigenvalue weighted by atomic mass is 9.89. The number of hydrogen-bond donors (Lipinski definition) is 2. The number of urea groups is 1. The Morgan fingerprint density at radius 2 is 2.26 bits per heavy atom. The average molecular weight is 266 g/mol. The normalized spacial score (nSPS) is 22.6. The van der Waals surface area contributed by atoms with Crippen molar-refractivity contribution in [2.24, 2.45) is 5.92 Å². The molecule has 106 valence electrons. The molecule has 0 aromatic rings. The quantitative estimate of drug-likeness (QED) is 0.587. The third kappa shape index (κ3) is 4.47. The number of nitrogens with zero attached hydrogens (tertiary/aromatic N) is 1. The molecule has 0 bridgehead atoms. The molecule has 1 aliphatic heterocycles. The van der Waals surface area contributed by atoms with Gasteiger partial charge in [-0.3, -0.25) is 0 Å². The van der Waals surface area contributed by atoms with E-state index in [-0.39, 0.29) is 6.03 Å². The number of terminal acetylenes is 1. The number of amides is 2. The van der Waals surface area contributed by atoms with Gasteiger partial charge >= 0.3 is 12.0 Å². The van der Waals surface area contributed by atoms with Crippen LogP contribution < -0.4 is 5.32 Å². The number of carboxylic acid groups (broad SMARTS) is 1. The number of rotatable bonds is 5. The van der Waals surface area contributed by atoms with Gasteiger partial charge < -0.3 is 15.3 Å². The van der Waals surface area contributed by atoms with E-state index in [1.54, 1.807) is 0 Å². The Hall–Kier alpha value is -1.70. The molecule has 0 radical (unpaired) electrons. The van der Waals surface area contributed by atoms with E-state index in [0.717, 1.165) is 12.8 Å². The van der Waals surface area contributed by atoms with Crippen LogP contribution in [0, 0.1) is 18.3 Å². The van der Waals surface area contributed by atoms with Crippen LogP contribution in [0.15, 0.2) is 0 Å². The number of nitrogens with one attached hydrogen (secondary N) is 1. The number of carbonyl (C=O) groups excluding carboxylic acids is 1. The minimum absolute atomic E-state index is 0.293. The highest BCUT2D eigenvalue weighted by Crippen LogP contribution is 2.25.